The van der Waals surface area contributed by atoms with Crippen LogP contribution in [0.25, 0.3) is 32.9 Å². The first kappa shape index (κ1) is 29.1. The van der Waals surface area contributed by atoms with Crippen molar-refractivity contribution in [2.24, 2.45) is 0 Å². The Morgan fingerprint density at radius 3 is 2.53 bits per heavy atom. The van der Waals surface area contributed by atoms with Crippen LogP contribution < -0.4 is 10.1 Å². The van der Waals surface area contributed by atoms with Gasteiger partial charge in [0.05, 0.1) is 10.9 Å². The Morgan fingerprint density at radius 1 is 1.05 bits per heavy atom. The van der Waals surface area contributed by atoms with Gasteiger partial charge >= 0.3 is 6.01 Å². The molecule has 2 aromatic heterocycles. The number of hydrogen-bond donors (Lipinski definition) is 1. The van der Waals surface area contributed by atoms with Gasteiger partial charge in [0.1, 0.15) is 23.6 Å². The van der Waals surface area contributed by atoms with Gasteiger partial charge in [0, 0.05) is 46.0 Å². The predicted octanol–water partition coefficient (Wildman–Crippen LogP) is 6.12. The third-order valence-corrected chi connectivity index (χ3v) is 10.9. The summed E-state index contributed by atoms with van der Waals surface area (Å²) in [5.74, 6) is 0.0835. The molecule has 0 saturated carbocycles. The average Bonchev–Trinajstić information content (AvgIpc) is 3.60. The van der Waals surface area contributed by atoms with Gasteiger partial charge in [0.25, 0.3) is 0 Å². The van der Waals surface area contributed by atoms with E-state index in [4.69, 9.17) is 19.4 Å². The van der Waals surface area contributed by atoms with E-state index in [1.54, 1.807) is 6.20 Å². The number of aromatic nitrogens is 3. The van der Waals surface area contributed by atoms with Crippen molar-refractivity contribution >= 4 is 50.1 Å². The zero-order valence-corrected chi connectivity index (χ0v) is 27.0. The molecule has 3 aliphatic rings. The minimum atomic E-state index is -0.463. The van der Waals surface area contributed by atoms with E-state index >= 15 is 4.39 Å². The molecular weight excluding hydrogens is 658 g/mol. The van der Waals surface area contributed by atoms with E-state index in [0.717, 1.165) is 58.7 Å². The van der Waals surface area contributed by atoms with E-state index in [-0.39, 0.29) is 28.3 Å². The number of nitrogens with zero attached hydrogens (tertiary/aromatic N) is 5. The highest BCUT2D eigenvalue weighted by molar-refractivity contribution is 14.1. The van der Waals surface area contributed by atoms with Crippen LogP contribution in [0, 0.1) is 9.39 Å². The molecule has 226 valence electrons. The molecule has 3 fully saturated rings. The van der Waals surface area contributed by atoms with Crippen LogP contribution >= 0.6 is 22.6 Å². The lowest BCUT2D eigenvalue weighted by Gasteiger charge is -2.43. The SMILES string of the molecule is CN(C)C1(CNc2nc(OCC34CCCN3CCC4)nc3c(F)c(-c4cccc5cccc(I)c45)ncc23)CCOCC1. The van der Waals surface area contributed by atoms with Gasteiger partial charge in [-0.05, 0) is 99.8 Å². The average molecular weight is 697 g/mol. The second-order valence-corrected chi connectivity index (χ2v) is 13.6. The number of hydrogen-bond acceptors (Lipinski definition) is 8. The number of benzene rings is 2. The van der Waals surface area contributed by atoms with Crippen molar-refractivity contribution in [3.05, 3.63) is 52.0 Å². The highest BCUT2D eigenvalue weighted by Crippen LogP contribution is 2.40. The summed E-state index contributed by atoms with van der Waals surface area (Å²) in [5.41, 5.74) is 1.18. The van der Waals surface area contributed by atoms with Crippen LogP contribution in [0.3, 0.4) is 0 Å². The number of nitrogens with one attached hydrogen (secondary N) is 1. The Hall–Kier alpha value is -2.67. The molecule has 2 aromatic carbocycles. The van der Waals surface area contributed by atoms with Gasteiger partial charge in [0.2, 0.25) is 0 Å². The molecule has 0 radical (unpaired) electrons. The zero-order valence-electron chi connectivity index (χ0n) is 24.8. The molecule has 0 spiro atoms. The third-order valence-electron chi connectivity index (χ3n) is 10.0. The number of pyridine rings is 1. The van der Waals surface area contributed by atoms with Crippen molar-refractivity contribution in [1.82, 2.24) is 24.8 Å². The van der Waals surface area contributed by atoms with Gasteiger partial charge in [-0.3, -0.25) is 9.88 Å². The molecule has 1 N–H and O–H groups in total. The maximum Gasteiger partial charge on any atom is 0.319 e. The van der Waals surface area contributed by atoms with E-state index in [9.17, 15) is 0 Å². The molecule has 5 heterocycles. The highest BCUT2D eigenvalue weighted by Gasteiger charge is 2.45. The monoisotopic (exact) mass is 696 g/mol. The van der Waals surface area contributed by atoms with Crippen LogP contribution in [0.5, 0.6) is 6.01 Å². The third kappa shape index (κ3) is 5.23. The Labute approximate surface area is 265 Å². The quantitative estimate of drug-likeness (QED) is 0.221. The minimum Gasteiger partial charge on any atom is -0.461 e. The lowest BCUT2D eigenvalue weighted by atomic mass is 9.88. The van der Waals surface area contributed by atoms with Crippen LogP contribution in [0.4, 0.5) is 10.2 Å². The van der Waals surface area contributed by atoms with Crippen molar-refractivity contribution in [3.8, 4) is 17.3 Å². The zero-order chi connectivity index (χ0) is 29.6. The molecule has 3 saturated heterocycles. The number of fused-ring (bicyclic) bond motifs is 3. The van der Waals surface area contributed by atoms with E-state index in [2.05, 4.69) is 56.8 Å². The molecule has 8 nitrogen and oxygen atoms in total. The normalized spacial score (nSPS) is 19.7. The van der Waals surface area contributed by atoms with Gasteiger partial charge in [-0.1, -0.05) is 30.3 Å². The summed E-state index contributed by atoms with van der Waals surface area (Å²) in [6.07, 6.45) is 8.08. The number of anilines is 1. The Balaban J connectivity index is 1.30. The molecule has 0 bridgehead atoms. The van der Waals surface area contributed by atoms with Crippen molar-refractivity contribution in [2.45, 2.75) is 49.6 Å². The van der Waals surface area contributed by atoms with Gasteiger partial charge in [0.15, 0.2) is 5.82 Å². The molecular formula is C33H38FIN6O2. The van der Waals surface area contributed by atoms with Crippen LogP contribution in [0.2, 0.25) is 0 Å². The molecule has 0 amide bonds. The smallest absolute Gasteiger partial charge is 0.319 e. The molecule has 7 rings (SSSR count). The summed E-state index contributed by atoms with van der Waals surface area (Å²) in [5, 5.41) is 6.14. The molecule has 0 aliphatic carbocycles. The van der Waals surface area contributed by atoms with Gasteiger partial charge in [-0.25, -0.2) is 4.39 Å². The predicted molar refractivity (Wildman–Crippen MR) is 176 cm³/mol. The van der Waals surface area contributed by atoms with E-state index < -0.39 is 5.82 Å². The summed E-state index contributed by atoms with van der Waals surface area (Å²) in [7, 11) is 4.21. The van der Waals surface area contributed by atoms with Gasteiger partial charge in [-0.15, -0.1) is 0 Å². The fourth-order valence-electron chi connectivity index (χ4n) is 7.36. The summed E-state index contributed by atoms with van der Waals surface area (Å²) in [6.45, 7) is 4.79. The first-order chi connectivity index (χ1) is 20.9. The van der Waals surface area contributed by atoms with Gasteiger partial charge < -0.3 is 19.7 Å². The summed E-state index contributed by atoms with van der Waals surface area (Å²) in [4.78, 5) is 19.0. The Morgan fingerprint density at radius 2 is 1.79 bits per heavy atom. The van der Waals surface area contributed by atoms with Crippen LogP contribution in [-0.4, -0.2) is 89.4 Å². The topological polar surface area (TPSA) is 75.6 Å². The fourth-order valence-corrected chi connectivity index (χ4v) is 8.17. The van der Waals surface area contributed by atoms with Crippen molar-refractivity contribution in [2.75, 3.05) is 58.9 Å². The molecule has 4 aromatic rings. The van der Waals surface area contributed by atoms with E-state index in [1.807, 2.05) is 36.4 Å². The largest absolute Gasteiger partial charge is 0.461 e. The van der Waals surface area contributed by atoms with E-state index in [1.165, 1.54) is 12.8 Å². The first-order valence-corrected chi connectivity index (χ1v) is 16.4. The van der Waals surface area contributed by atoms with Gasteiger partial charge in [-0.2, -0.15) is 9.97 Å². The van der Waals surface area contributed by atoms with Crippen LogP contribution in [-0.2, 0) is 4.74 Å². The van der Waals surface area contributed by atoms with Crippen molar-refractivity contribution < 1.29 is 13.9 Å². The molecule has 0 atom stereocenters. The van der Waals surface area contributed by atoms with Crippen molar-refractivity contribution in [1.29, 1.82) is 0 Å². The number of likely N-dealkylation sites (N-methyl/N-ethyl adjacent to an activating group) is 1. The van der Waals surface area contributed by atoms with Crippen LogP contribution in [0.1, 0.15) is 38.5 Å². The minimum absolute atomic E-state index is 0.0323. The molecule has 3 aliphatic heterocycles. The molecule has 10 heteroatoms. The summed E-state index contributed by atoms with van der Waals surface area (Å²) < 4.78 is 29.8. The fraction of sp³-hybridized carbons (Fsp3) is 0.485. The lowest BCUT2D eigenvalue weighted by molar-refractivity contribution is -0.000660. The number of rotatable bonds is 8. The second kappa shape index (κ2) is 11.7. The standard InChI is InChI=1S/C33H38FIN6O2/c1-40(2)32(13-17-42-18-14-32)20-37-30-24-19-36-28(23-9-3-7-22-8-4-10-25(35)26(22)23)27(34)29(24)38-31(39-30)43-21-33-11-5-15-41(33)16-6-12-33/h3-4,7-10,19H,5-6,11-18,20-21H2,1-2H3,(H,37,38,39). The highest BCUT2D eigenvalue weighted by atomic mass is 127. The first-order valence-electron chi connectivity index (χ1n) is 15.3. The lowest BCUT2D eigenvalue weighted by Crippen LogP contribution is -2.53. The summed E-state index contributed by atoms with van der Waals surface area (Å²) >= 11 is 2.31. The Kier molecular flexibility index (Phi) is 7.90. The van der Waals surface area contributed by atoms with Crippen molar-refractivity contribution in [3.63, 3.8) is 0 Å². The second-order valence-electron chi connectivity index (χ2n) is 12.5. The summed E-state index contributed by atoms with van der Waals surface area (Å²) in [6, 6.07) is 12.2. The number of ether oxygens (including phenoxy) is 2. The van der Waals surface area contributed by atoms with E-state index in [0.29, 0.717) is 37.6 Å². The Bertz CT molecular complexity index is 1640. The maximum absolute atomic E-state index is 16.7. The number of halogens is 2. The molecule has 43 heavy (non-hydrogen) atoms. The van der Waals surface area contributed by atoms with Crippen LogP contribution in [0.15, 0.2) is 42.6 Å². The maximum atomic E-state index is 16.7. The molecule has 0 unspecified atom stereocenters.